The summed E-state index contributed by atoms with van der Waals surface area (Å²) >= 11 is -2.80. The molecular formula is C10H8O2Se. The van der Waals surface area contributed by atoms with Crippen LogP contribution in [-0.4, -0.2) is 18.4 Å². The summed E-state index contributed by atoms with van der Waals surface area (Å²) in [4.78, 5) is 0. The molecule has 0 amide bonds. The first-order valence-corrected chi connectivity index (χ1v) is 6.20. The second-order valence-electron chi connectivity index (χ2n) is 2.73. The van der Waals surface area contributed by atoms with Gasteiger partial charge in [-0.05, 0) is 0 Å². The molecular weight excluding hydrogens is 231 g/mol. The van der Waals surface area contributed by atoms with Crippen molar-refractivity contribution in [3.05, 3.63) is 42.5 Å². The van der Waals surface area contributed by atoms with Crippen molar-refractivity contribution in [2.45, 2.75) is 0 Å². The Morgan fingerprint density at radius 1 is 1.00 bits per heavy atom. The number of benzene rings is 2. The zero-order chi connectivity index (χ0) is 9.26. The van der Waals surface area contributed by atoms with Crippen molar-refractivity contribution in [3.8, 4) is 0 Å². The summed E-state index contributed by atoms with van der Waals surface area (Å²) in [6, 6.07) is 13.1. The molecule has 2 aromatic rings. The minimum atomic E-state index is -2.80. The van der Waals surface area contributed by atoms with Gasteiger partial charge in [-0.15, -0.1) is 0 Å². The predicted octanol–water partition coefficient (Wildman–Crippen LogP) is 0.958. The van der Waals surface area contributed by atoms with Gasteiger partial charge < -0.3 is 0 Å². The van der Waals surface area contributed by atoms with E-state index in [4.69, 9.17) is 4.19 Å². The second kappa shape index (κ2) is 3.38. The van der Waals surface area contributed by atoms with Crippen LogP contribution in [0.1, 0.15) is 0 Å². The first-order chi connectivity index (χ1) is 6.29. The van der Waals surface area contributed by atoms with Gasteiger partial charge in [-0.25, -0.2) is 0 Å². The van der Waals surface area contributed by atoms with E-state index in [1.165, 1.54) is 0 Å². The van der Waals surface area contributed by atoms with Gasteiger partial charge in [-0.1, -0.05) is 0 Å². The molecule has 0 spiro atoms. The van der Waals surface area contributed by atoms with Crippen LogP contribution in [0.4, 0.5) is 0 Å². The molecule has 1 unspecified atom stereocenters. The molecule has 0 aliphatic heterocycles. The van der Waals surface area contributed by atoms with E-state index in [1.807, 2.05) is 36.4 Å². The minimum absolute atomic E-state index is 0.568. The fourth-order valence-corrected chi connectivity index (χ4v) is 2.54. The van der Waals surface area contributed by atoms with Crippen LogP contribution < -0.4 is 4.46 Å². The fraction of sp³-hybridized carbons (Fsp3) is 0. The zero-order valence-corrected chi connectivity index (χ0v) is 8.52. The summed E-state index contributed by atoms with van der Waals surface area (Å²) in [6.07, 6.45) is 0. The maximum absolute atomic E-state index is 11.0. The van der Waals surface area contributed by atoms with E-state index >= 15 is 0 Å². The Morgan fingerprint density at radius 2 is 1.69 bits per heavy atom. The van der Waals surface area contributed by atoms with E-state index in [-0.39, 0.29) is 0 Å². The molecule has 0 fully saturated rings. The Hall–Kier alpha value is -1.02. The van der Waals surface area contributed by atoms with Crippen LogP contribution in [0.2, 0.25) is 0 Å². The van der Waals surface area contributed by atoms with E-state index in [0.29, 0.717) is 4.46 Å². The Morgan fingerprint density at radius 3 is 2.46 bits per heavy atom. The van der Waals surface area contributed by atoms with Crippen LogP contribution in [0.25, 0.3) is 10.8 Å². The van der Waals surface area contributed by atoms with Gasteiger partial charge in [-0.2, -0.15) is 0 Å². The predicted molar refractivity (Wildman–Crippen MR) is 52.2 cm³/mol. The van der Waals surface area contributed by atoms with Crippen molar-refractivity contribution >= 4 is 29.4 Å². The summed E-state index contributed by atoms with van der Waals surface area (Å²) in [5.74, 6) is 0. The van der Waals surface area contributed by atoms with Gasteiger partial charge in [0, 0.05) is 0 Å². The van der Waals surface area contributed by atoms with E-state index in [0.717, 1.165) is 10.8 Å². The number of hydrogen-bond acceptors (Lipinski definition) is 1. The molecule has 2 nitrogen and oxygen atoms in total. The normalized spacial score (nSPS) is 13.0. The van der Waals surface area contributed by atoms with E-state index in [1.54, 1.807) is 6.07 Å². The molecule has 2 aromatic carbocycles. The standard InChI is InChI=1S/C10H8O2Se/c11-13(12)10-7-3-5-8-4-1-2-6-9(8)10/h1-7H,(H,11,12). The maximum atomic E-state index is 11.0. The van der Waals surface area contributed by atoms with Crippen molar-refractivity contribution < 1.29 is 8.02 Å². The molecule has 0 aliphatic rings. The van der Waals surface area contributed by atoms with Gasteiger partial charge in [0.25, 0.3) is 0 Å². The SMILES string of the molecule is O=[Se](O)c1cccc2ccccc12. The summed E-state index contributed by atoms with van der Waals surface area (Å²) in [7, 11) is 0. The summed E-state index contributed by atoms with van der Waals surface area (Å²) in [6.45, 7) is 0. The average molecular weight is 239 g/mol. The number of rotatable bonds is 1. The Labute approximate surface area is 80.2 Å². The third-order valence-corrected chi connectivity index (χ3v) is 3.47. The molecule has 1 atom stereocenters. The van der Waals surface area contributed by atoms with Crippen LogP contribution in [0.3, 0.4) is 0 Å². The van der Waals surface area contributed by atoms with Gasteiger partial charge in [-0.3, -0.25) is 0 Å². The molecule has 0 aromatic heterocycles. The number of fused-ring (bicyclic) bond motifs is 1. The molecule has 0 saturated heterocycles. The molecule has 0 heterocycles. The van der Waals surface area contributed by atoms with Crippen molar-refractivity contribution in [2.24, 2.45) is 0 Å². The van der Waals surface area contributed by atoms with Gasteiger partial charge in [0.1, 0.15) is 0 Å². The quantitative estimate of drug-likeness (QED) is 0.752. The summed E-state index contributed by atoms with van der Waals surface area (Å²) < 4.78 is 20.7. The Kier molecular flexibility index (Phi) is 2.23. The third kappa shape index (κ3) is 1.54. The van der Waals surface area contributed by atoms with E-state index in [9.17, 15) is 3.83 Å². The van der Waals surface area contributed by atoms with Crippen LogP contribution in [0.15, 0.2) is 42.5 Å². The van der Waals surface area contributed by atoms with Crippen LogP contribution in [-0.2, 0) is 3.83 Å². The van der Waals surface area contributed by atoms with Gasteiger partial charge in [0.05, 0.1) is 0 Å². The summed E-state index contributed by atoms with van der Waals surface area (Å²) in [5, 5.41) is 1.89. The topological polar surface area (TPSA) is 37.3 Å². The molecule has 3 heteroatoms. The van der Waals surface area contributed by atoms with Crippen molar-refractivity contribution in [2.75, 3.05) is 0 Å². The fourth-order valence-electron chi connectivity index (χ4n) is 1.35. The molecule has 0 bridgehead atoms. The second-order valence-corrected chi connectivity index (χ2v) is 4.69. The molecule has 2 rings (SSSR count). The van der Waals surface area contributed by atoms with Gasteiger partial charge >= 0.3 is 79.9 Å². The monoisotopic (exact) mass is 240 g/mol. The molecule has 0 aliphatic carbocycles. The Balaban J connectivity index is 2.83. The first kappa shape index (κ1) is 8.57. The van der Waals surface area contributed by atoms with Crippen LogP contribution in [0, 0.1) is 0 Å². The van der Waals surface area contributed by atoms with E-state index in [2.05, 4.69) is 0 Å². The molecule has 1 N–H and O–H groups in total. The molecule has 13 heavy (non-hydrogen) atoms. The summed E-state index contributed by atoms with van der Waals surface area (Å²) in [5.41, 5.74) is 0. The van der Waals surface area contributed by atoms with Crippen molar-refractivity contribution in [3.63, 3.8) is 0 Å². The molecule has 0 saturated carbocycles. The van der Waals surface area contributed by atoms with Crippen molar-refractivity contribution in [1.29, 1.82) is 0 Å². The Bertz CT molecular complexity index is 460. The van der Waals surface area contributed by atoms with Crippen LogP contribution >= 0.6 is 0 Å². The third-order valence-electron chi connectivity index (χ3n) is 1.94. The molecule has 66 valence electrons. The van der Waals surface area contributed by atoms with Gasteiger partial charge in [0.2, 0.25) is 0 Å². The van der Waals surface area contributed by atoms with E-state index < -0.39 is 14.2 Å². The number of hydrogen-bond donors (Lipinski definition) is 1. The first-order valence-electron chi connectivity index (χ1n) is 3.87. The zero-order valence-electron chi connectivity index (χ0n) is 6.81. The van der Waals surface area contributed by atoms with Gasteiger partial charge in [0.15, 0.2) is 0 Å². The van der Waals surface area contributed by atoms with Crippen LogP contribution in [0.5, 0.6) is 0 Å². The average Bonchev–Trinajstić information content (AvgIpc) is 2.17. The molecule has 0 radical (unpaired) electrons. The van der Waals surface area contributed by atoms with Crippen molar-refractivity contribution in [1.82, 2.24) is 0 Å².